The first-order chi connectivity index (χ1) is 8.61. The van der Waals surface area contributed by atoms with E-state index in [4.69, 9.17) is 5.73 Å². The van der Waals surface area contributed by atoms with Crippen molar-refractivity contribution in [2.75, 3.05) is 13.1 Å². The highest BCUT2D eigenvalue weighted by Crippen LogP contribution is 2.25. The topological polar surface area (TPSA) is 49.6 Å². The number of hydrazine groups is 1. The van der Waals surface area contributed by atoms with E-state index in [2.05, 4.69) is 25.8 Å². The van der Waals surface area contributed by atoms with Crippen LogP contribution in [0.5, 0.6) is 0 Å². The predicted molar refractivity (Wildman–Crippen MR) is 74.9 cm³/mol. The van der Waals surface area contributed by atoms with Gasteiger partial charge >= 0.3 is 0 Å². The molecule has 18 heavy (non-hydrogen) atoms. The molecule has 1 fully saturated rings. The van der Waals surface area contributed by atoms with Crippen LogP contribution in [0, 0.1) is 0 Å². The molecular formula is C14H29N3O. The van der Waals surface area contributed by atoms with Gasteiger partial charge in [0.25, 0.3) is 0 Å². The summed E-state index contributed by atoms with van der Waals surface area (Å²) >= 11 is 0. The number of carbonyl (C=O) groups is 1. The van der Waals surface area contributed by atoms with Crippen molar-refractivity contribution in [1.82, 2.24) is 10.0 Å². The average Bonchev–Trinajstić information content (AvgIpc) is 2.36. The molecule has 0 spiro atoms. The summed E-state index contributed by atoms with van der Waals surface area (Å²) in [6, 6.07) is 0.749. The van der Waals surface area contributed by atoms with Crippen molar-refractivity contribution in [3.05, 3.63) is 0 Å². The predicted octanol–water partition coefficient (Wildman–Crippen LogP) is 2.14. The summed E-state index contributed by atoms with van der Waals surface area (Å²) in [6.07, 6.45) is 6.80. The Hall–Kier alpha value is -0.610. The maximum Gasteiger partial charge on any atom is 0.238 e. The Bertz CT molecular complexity index is 249. The molecule has 0 radical (unpaired) electrons. The molecule has 2 N–H and O–H groups in total. The van der Waals surface area contributed by atoms with Gasteiger partial charge in [0.2, 0.25) is 5.91 Å². The van der Waals surface area contributed by atoms with E-state index in [1.165, 1.54) is 32.1 Å². The standard InChI is InChI=1S/C14H29N3O/c1-4-16(13-8-6-5-7-9-13)17(12(2)3)14(18)10-11-15/h12-13H,4-11,15H2,1-3H3. The molecule has 0 unspecified atom stereocenters. The van der Waals surface area contributed by atoms with Crippen molar-refractivity contribution in [2.24, 2.45) is 5.73 Å². The Balaban J connectivity index is 2.75. The van der Waals surface area contributed by atoms with E-state index < -0.39 is 0 Å². The minimum absolute atomic E-state index is 0.167. The quantitative estimate of drug-likeness (QED) is 0.740. The van der Waals surface area contributed by atoms with Crippen LogP contribution >= 0.6 is 0 Å². The first-order valence-corrected chi connectivity index (χ1v) is 7.40. The molecule has 1 rings (SSSR count). The molecule has 0 aromatic carbocycles. The summed E-state index contributed by atoms with van der Waals surface area (Å²) in [5, 5.41) is 4.23. The minimum atomic E-state index is 0.167. The van der Waals surface area contributed by atoms with E-state index in [1.54, 1.807) is 0 Å². The molecule has 1 aliphatic rings. The van der Waals surface area contributed by atoms with Crippen LogP contribution in [0.25, 0.3) is 0 Å². The lowest BCUT2D eigenvalue weighted by Gasteiger charge is -2.43. The number of hydrogen-bond acceptors (Lipinski definition) is 3. The first kappa shape index (κ1) is 15.4. The number of carbonyl (C=O) groups excluding carboxylic acids is 1. The van der Waals surface area contributed by atoms with Gasteiger partial charge in [-0.25, -0.2) is 5.01 Å². The molecule has 1 amide bonds. The van der Waals surface area contributed by atoms with E-state index in [0.717, 1.165) is 6.54 Å². The molecule has 4 nitrogen and oxygen atoms in total. The van der Waals surface area contributed by atoms with E-state index >= 15 is 0 Å². The lowest BCUT2D eigenvalue weighted by Crippen LogP contribution is -2.55. The van der Waals surface area contributed by atoms with Crippen molar-refractivity contribution in [3.8, 4) is 0 Å². The molecule has 0 aliphatic heterocycles. The first-order valence-electron chi connectivity index (χ1n) is 7.40. The Labute approximate surface area is 111 Å². The SMILES string of the molecule is CCN(C1CCCCC1)N(C(=O)CCN)C(C)C. The van der Waals surface area contributed by atoms with E-state index in [0.29, 0.717) is 19.0 Å². The van der Waals surface area contributed by atoms with Crippen LogP contribution in [0.4, 0.5) is 0 Å². The van der Waals surface area contributed by atoms with Gasteiger partial charge in [0.1, 0.15) is 0 Å². The van der Waals surface area contributed by atoms with Crippen LogP contribution in [-0.2, 0) is 4.79 Å². The summed E-state index contributed by atoms with van der Waals surface area (Å²) in [6.45, 7) is 7.64. The highest BCUT2D eigenvalue weighted by Gasteiger charge is 2.29. The Morgan fingerprint density at radius 1 is 1.28 bits per heavy atom. The summed E-state index contributed by atoms with van der Waals surface area (Å²) in [5.41, 5.74) is 5.52. The van der Waals surface area contributed by atoms with Crippen LogP contribution in [0.1, 0.15) is 59.3 Å². The lowest BCUT2D eigenvalue weighted by molar-refractivity contribution is -0.160. The van der Waals surface area contributed by atoms with Crippen LogP contribution in [0.2, 0.25) is 0 Å². The van der Waals surface area contributed by atoms with Crippen molar-refractivity contribution in [1.29, 1.82) is 0 Å². The maximum absolute atomic E-state index is 12.2. The van der Waals surface area contributed by atoms with Gasteiger partial charge in [-0.2, -0.15) is 0 Å². The molecule has 0 saturated heterocycles. The van der Waals surface area contributed by atoms with Gasteiger partial charge in [-0.15, -0.1) is 0 Å². The fourth-order valence-corrected chi connectivity index (χ4v) is 2.93. The van der Waals surface area contributed by atoms with Gasteiger partial charge in [-0.3, -0.25) is 9.80 Å². The molecule has 106 valence electrons. The van der Waals surface area contributed by atoms with Gasteiger partial charge in [-0.1, -0.05) is 26.2 Å². The van der Waals surface area contributed by atoms with Crippen molar-refractivity contribution in [3.63, 3.8) is 0 Å². The van der Waals surface area contributed by atoms with Crippen LogP contribution < -0.4 is 5.73 Å². The summed E-state index contributed by atoms with van der Waals surface area (Å²) in [5.74, 6) is 0.167. The molecule has 1 saturated carbocycles. The number of nitrogens with zero attached hydrogens (tertiary/aromatic N) is 2. The number of nitrogens with two attached hydrogens (primary N) is 1. The smallest absolute Gasteiger partial charge is 0.238 e. The van der Waals surface area contributed by atoms with Gasteiger partial charge in [0.15, 0.2) is 0 Å². The van der Waals surface area contributed by atoms with E-state index in [9.17, 15) is 4.79 Å². The van der Waals surface area contributed by atoms with Crippen molar-refractivity contribution in [2.45, 2.75) is 71.4 Å². The maximum atomic E-state index is 12.2. The second-order valence-electron chi connectivity index (χ2n) is 5.42. The normalized spacial score (nSPS) is 17.4. The zero-order valence-corrected chi connectivity index (χ0v) is 12.2. The Kier molecular flexibility index (Phi) is 6.65. The summed E-state index contributed by atoms with van der Waals surface area (Å²) in [4.78, 5) is 12.2. The number of rotatable bonds is 6. The third kappa shape index (κ3) is 3.95. The van der Waals surface area contributed by atoms with Gasteiger partial charge in [0.05, 0.1) is 0 Å². The highest BCUT2D eigenvalue weighted by molar-refractivity contribution is 5.76. The zero-order chi connectivity index (χ0) is 13.5. The highest BCUT2D eigenvalue weighted by atomic mass is 16.2. The fourth-order valence-electron chi connectivity index (χ4n) is 2.93. The van der Waals surface area contributed by atoms with Gasteiger partial charge < -0.3 is 5.73 Å². The largest absolute Gasteiger partial charge is 0.330 e. The van der Waals surface area contributed by atoms with E-state index in [-0.39, 0.29) is 11.9 Å². The Morgan fingerprint density at radius 2 is 1.89 bits per heavy atom. The van der Waals surface area contributed by atoms with Gasteiger partial charge in [0, 0.05) is 31.6 Å². The zero-order valence-electron chi connectivity index (χ0n) is 12.2. The monoisotopic (exact) mass is 255 g/mol. The molecule has 4 heteroatoms. The van der Waals surface area contributed by atoms with Crippen molar-refractivity contribution < 1.29 is 4.79 Å². The fraction of sp³-hybridized carbons (Fsp3) is 0.929. The third-order valence-corrected chi connectivity index (χ3v) is 3.70. The average molecular weight is 255 g/mol. The van der Waals surface area contributed by atoms with E-state index in [1.807, 2.05) is 5.01 Å². The van der Waals surface area contributed by atoms with Gasteiger partial charge in [-0.05, 0) is 26.7 Å². The second-order valence-corrected chi connectivity index (χ2v) is 5.42. The summed E-state index contributed by atoms with van der Waals surface area (Å²) < 4.78 is 0. The molecule has 0 heterocycles. The van der Waals surface area contributed by atoms with Crippen LogP contribution in [-0.4, -0.2) is 41.1 Å². The van der Waals surface area contributed by atoms with Crippen LogP contribution in [0.3, 0.4) is 0 Å². The summed E-state index contributed by atoms with van der Waals surface area (Å²) in [7, 11) is 0. The third-order valence-electron chi connectivity index (χ3n) is 3.70. The molecule has 1 aliphatic carbocycles. The minimum Gasteiger partial charge on any atom is -0.330 e. The lowest BCUT2D eigenvalue weighted by atomic mass is 9.95. The number of amides is 1. The second kappa shape index (κ2) is 7.74. The molecule has 0 bridgehead atoms. The molecular weight excluding hydrogens is 226 g/mol. The Morgan fingerprint density at radius 3 is 2.33 bits per heavy atom. The molecule has 0 atom stereocenters. The van der Waals surface area contributed by atoms with Crippen molar-refractivity contribution >= 4 is 5.91 Å². The molecule has 0 aromatic rings. The molecule has 0 aromatic heterocycles. The van der Waals surface area contributed by atoms with Crippen LogP contribution in [0.15, 0.2) is 0 Å². The number of hydrogen-bond donors (Lipinski definition) is 1.